The highest BCUT2D eigenvalue weighted by atomic mass is 16.5. The van der Waals surface area contributed by atoms with Crippen LogP contribution in [0.15, 0.2) is 24.3 Å². The van der Waals surface area contributed by atoms with Gasteiger partial charge < -0.3 is 10.1 Å². The van der Waals surface area contributed by atoms with Crippen LogP contribution < -0.4 is 10.1 Å². The standard InChI is InChI=1S/C19H31NO/c1-4-15-20-18(19(5-2)13-7-8-14-19)16-9-11-17(12-10-16)21-6-3/h9-12,18,20H,4-8,13-15H2,1-3H3. The molecule has 0 spiro atoms. The molecule has 0 aliphatic heterocycles. The van der Waals surface area contributed by atoms with Crippen molar-refractivity contribution in [3.8, 4) is 5.75 Å². The van der Waals surface area contributed by atoms with Crippen LogP contribution in [0.4, 0.5) is 0 Å². The monoisotopic (exact) mass is 289 g/mol. The number of rotatable bonds is 8. The van der Waals surface area contributed by atoms with Crippen molar-refractivity contribution in [1.82, 2.24) is 5.32 Å². The molecule has 0 aromatic heterocycles. The Morgan fingerprint density at radius 3 is 2.29 bits per heavy atom. The van der Waals surface area contributed by atoms with Crippen LogP contribution in [0.1, 0.15) is 70.9 Å². The van der Waals surface area contributed by atoms with Gasteiger partial charge in [-0.15, -0.1) is 0 Å². The van der Waals surface area contributed by atoms with Crippen molar-refractivity contribution in [1.29, 1.82) is 0 Å². The van der Waals surface area contributed by atoms with Crippen molar-refractivity contribution < 1.29 is 4.74 Å². The molecular formula is C19H31NO. The van der Waals surface area contributed by atoms with Gasteiger partial charge in [0, 0.05) is 6.04 Å². The van der Waals surface area contributed by atoms with E-state index in [1.807, 2.05) is 6.92 Å². The average molecular weight is 289 g/mol. The zero-order chi connectivity index (χ0) is 15.1. The molecule has 0 amide bonds. The second kappa shape index (κ2) is 7.84. The van der Waals surface area contributed by atoms with Gasteiger partial charge in [0.1, 0.15) is 5.75 Å². The van der Waals surface area contributed by atoms with Gasteiger partial charge in [-0.2, -0.15) is 0 Å². The normalized spacial score (nSPS) is 18.6. The topological polar surface area (TPSA) is 21.3 Å². The summed E-state index contributed by atoms with van der Waals surface area (Å²) in [6.07, 6.45) is 7.94. The third kappa shape index (κ3) is 3.79. The van der Waals surface area contributed by atoms with E-state index in [1.54, 1.807) is 0 Å². The van der Waals surface area contributed by atoms with Gasteiger partial charge in [0.05, 0.1) is 6.61 Å². The van der Waals surface area contributed by atoms with E-state index in [-0.39, 0.29) is 0 Å². The van der Waals surface area contributed by atoms with Crippen molar-refractivity contribution in [2.75, 3.05) is 13.2 Å². The Morgan fingerprint density at radius 1 is 1.10 bits per heavy atom. The highest BCUT2D eigenvalue weighted by Gasteiger charge is 2.40. The van der Waals surface area contributed by atoms with E-state index >= 15 is 0 Å². The SMILES string of the molecule is CCCNC(c1ccc(OCC)cc1)C1(CC)CCCC1. The molecular weight excluding hydrogens is 258 g/mol. The largest absolute Gasteiger partial charge is 0.494 e. The summed E-state index contributed by atoms with van der Waals surface area (Å²) in [4.78, 5) is 0. The number of nitrogens with one attached hydrogen (secondary N) is 1. The molecule has 1 N–H and O–H groups in total. The fourth-order valence-electron chi connectivity index (χ4n) is 3.83. The molecule has 2 rings (SSSR count). The maximum Gasteiger partial charge on any atom is 0.119 e. The molecule has 0 saturated heterocycles. The second-order valence-corrected chi connectivity index (χ2v) is 6.31. The Bertz CT molecular complexity index is 406. The van der Waals surface area contributed by atoms with Gasteiger partial charge in [-0.05, 0) is 62.3 Å². The molecule has 1 aromatic rings. The van der Waals surface area contributed by atoms with Crippen molar-refractivity contribution in [2.24, 2.45) is 5.41 Å². The third-order valence-corrected chi connectivity index (χ3v) is 5.04. The van der Waals surface area contributed by atoms with E-state index in [0.29, 0.717) is 11.5 Å². The molecule has 1 aromatic carbocycles. The van der Waals surface area contributed by atoms with Gasteiger partial charge in [-0.1, -0.05) is 38.8 Å². The molecule has 1 aliphatic carbocycles. The Hall–Kier alpha value is -1.02. The smallest absolute Gasteiger partial charge is 0.119 e. The molecule has 118 valence electrons. The zero-order valence-corrected chi connectivity index (χ0v) is 14.0. The molecule has 1 saturated carbocycles. The Morgan fingerprint density at radius 2 is 1.76 bits per heavy atom. The van der Waals surface area contributed by atoms with Crippen molar-refractivity contribution >= 4 is 0 Å². The van der Waals surface area contributed by atoms with Gasteiger partial charge in [0.2, 0.25) is 0 Å². The van der Waals surface area contributed by atoms with E-state index in [2.05, 4.69) is 43.4 Å². The lowest BCUT2D eigenvalue weighted by Crippen LogP contribution is -2.36. The van der Waals surface area contributed by atoms with Gasteiger partial charge in [0.15, 0.2) is 0 Å². The van der Waals surface area contributed by atoms with E-state index in [9.17, 15) is 0 Å². The predicted octanol–water partition coefficient (Wildman–Crippen LogP) is 5.10. The van der Waals surface area contributed by atoms with Crippen LogP contribution in [0.5, 0.6) is 5.75 Å². The van der Waals surface area contributed by atoms with Crippen molar-refractivity contribution in [3.63, 3.8) is 0 Å². The average Bonchev–Trinajstić information content (AvgIpc) is 2.99. The molecule has 2 heteroatoms. The number of hydrogen-bond donors (Lipinski definition) is 1. The van der Waals surface area contributed by atoms with Crippen LogP contribution in [-0.4, -0.2) is 13.2 Å². The van der Waals surface area contributed by atoms with Gasteiger partial charge >= 0.3 is 0 Å². The molecule has 1 atom stereocenters. The summed E-state index contributed by atoms with van der Waals surface area (Å²) >= 11 is 0. The van der Waals surface area contributed by atoms with Gasteiger partial charge in [0.25, 0.3) is 0 Å². The minimum absolute atomic E-state index is 0.447. The molecule has 1 unspecified atom stereocenters. The fraction of sp³-hybridized carbons (Fsp3) is 0.684. The van der Waals surface area contributed by atoms with E-state index in [4.69, 9.17) is 4.74 Å². The summed E-state index contributed by atoms with van der Waals surface area (Å²) in [5.41, 5.74) is 1.87. The first-order chi connectivity index (χ1) is 10.3. The summed E-state index contributed by atoms with van der Waals surface area (Å²) in [6, 6.07) is 9.25. The fourth-order valence-corrected chi connectivity index (χ4v) is 3.83. The summed E-state index contributed by atoms with van der Waals surface area (Å²) in [6.45, 7) is 8.47. The number of hydrogen-bond acceptors (Lipinski definition) is 2. The Kier molecular flexibility index (Phi) is 6.10. The third-order valence-electron chi connectivity index (χ3n) is 5.04. The quantitative estimate of drug-likeness (QED) is 0.719. The summed E-state index contributed by atoms with van der Waals surface area (Å²) in [7, 11) is 0. The minimum atomic E-state index is 0.447. The predicted molar refractivity (Wildman–Crippen MR) is 89.8 cm³/mol. The van der Waals surface area contributed by atoms with Crippen molar-refractivity contribution in [3.05, 3.63) is 29.8 Å². The maximum absolute atomic E-state index is 5.58. The van der Waals surface area contributed by atoms with Crippen LogP contribution in [0.25, 0.3) is 0 Å². The lowest BCUT2D eigenvalue weighted by atomic mass is 9.73. The first-order valence-corrected chi connectivity index (χ1v) is 8.72. The molecule has 21 heavy (non-hydrogen) atoms. The molecule has 1 aliphatic rings. The minimum Gasteiger partial charge on any atom is -0.494 e. The van der Waals surface area contributed by atoms with Gasteiger partial charge in [-0.3, -0.25) is 0 Å². The summed E-state index contributed by atoms with van der Waals surface area (Å²) in [5, 5.41) is 3.83. The van der Waals surface area contributed by atoms with Gasteiger partial charge in [-0.25, -0.2) is 0 Å². The maximum atomic E-state index is 5.58. The second-order valence-electron chi connectivity index (χ2n) is 6.31. The molecule has 1 fully saturated rings. The van der Waals surface area contributed by atoms with E-state index in [1.165, 1.54) is 44.1 Å². The van der Waals surface area contributed by atoms with Crippen LogP contribution in [0.2, 0.25) is 0 Å². The number of benzene rings is 1. The molecule has 0 bridgehead atoms. The summed E-state index contributed by atoms with van der Waals surface area (Å²) in [5.74, 6) is 0.979. The van der Waals surface area contributed by atoms with Crippen LogP contribution >= 0.6 is 0 Å². The van der Waals surface area contributed by atoms with E-state index in [0.717, 1.165) is 18.9 Å². The lowest BCUT2D eigenvalue weighted by molar-refractivity contribution is 0.187. The highest BCUT2D eigenvalue weighted by Crippen LogP contribution is 2.50. The van der Waals surface area contributed by atoms with Crippen molar-refractivity contribution in [2.45, 2.75) is 65.3 Å². The van der Waals surface area contributed by atoms with Crippen LogP contribution in [0.3, 0.4) is 0 Å². The van der Waals surface area contributed by atoms with Crippen LogP contribution in [-0.2, 0) is 0 Å². The zero-order valence-electron chi connectivity index (χ0n) is 14.0. The summed E-state index contributed by atoms with van der Waals surface area (Å²) < 4.78 is 5.58. The highest BCUT2D eigenvalue weighted by molar-refractivity contribution is 5.30. The molecule has 0 heterocycles. The Labute approximate surface area is 130 Å². The first-order valence-electron chi connectivity index (χ1n) is 8.72. The van der Waals surface area contributed by atoms with E-state index < -0.39 is 0 Å². The molecule has 0 radical (unpaired) electrons. The first kappa shape index (κ1) is 16.4. The number of ether oxygens (including phenoxy) is 1. The van der Waals surface area contributed by atoms with Crippen LogP contribution in [0, 0.1) is 5.41 Å². The molecule has 2 nitrogen and oxygen atoms in total. The lowest BCUT2D eigenvalue weighted by Gasteiger charge is -2.38. The Balaban J connectivity index is 2.22.